The fourth-order valence-electron chi connectivity index (χ4n) is 3.06. The molecule has 150 valence electrons. The van der Waals surface area contributed by atoms with Crippen LogP contribution in [0.15, 0.2) is 90.6 Å². The Morgan fingerprint density at radius 3 is 2.07 bits per heavy atom. The van der Waals surface area contributed by atoms with E-state index in [9.17, 15) is 10.1 Å². The van der Waals surface area contributed by atoms with Crippen LogP contribution in [-0.2, 0) is 17.9 Å². The Kier molecular flexibility index (Phi) is 7.63. The van der Waals surface area contributed by atoms with Crippen molar-refractivity contribution in [1.82, 2.24) is 4.90 Å². The van der Waals surface area contributed by atoms with Crippen molar-refractivity contribution >= 4 is 34.2 Å². The Hall–Kier alpha value is -3.11. The van der Waals surface area contributed by atoms with Gasteiger partial charge in [0.15, 0.2) is 0 Å². The van der Waals surface area contributed by atoms with Crippen molar-refractivity contribution in [2.75, 3.05) is 5.32 Å². The number of carbonyl (C=O) groups excluding carboxylic acids is 1. The quantitative estimate of drug-likeness (QED) is 0.256. The maximum absolute atomic E-state index is 12.8. The Morgan fingerprint density at radius 2 is 1.57 bits per heavy atom. The van der Waals surface area contributed by atoms with E-state index in [2.05, 4.69) is 34.0 Å². The van der Waals surface area contributed by atoms with E-state index in [0.29, 0.717) is 18.8 Å². The molecule has 3 aromatic rings. The first-order valence-electron chi connectivity index (χ1n) is 9.56. The SMILES string of the molecule is Cc1cc(I)ccc1NC(=O)/C(C#N)=C\N(Cc1ccccc1)Cc1ccccc1. The van der Waals surface area contributed by atoms with Crippen LogP contribution in [0.1, 0.15) is 16.7 Å². The first-order valence-corrected chi connectivity index (χ1v) is 10.6. The number of aryl methyl sites for hydroxylation is 1. The molecule has 0 aliphatic rings. The zero-order chi connectivity index (χ0) is 21.3. The van der Waals surface area contributed by atoms with Crippen LogP contribution in [-0.4, -0.2) is 10.8 Å². The van der Waals surface area contributed by atoms with Gasteiger partial charge in [0.1, 0.15) is 11.6 Å². The molecule has 0 spiro atoms. The van der Waals surface area contributed by atoms with Crippen molar-refractivity contribution in [3.63, 3.8) is 0 Å². The highest BCUT2D eigenvalue weighted by atomic mass is 127. The zero-order valence-corrected chi connectivity index (χ0v) is 18.8. The van der Waals surface area contributed by atoms with Crippen LogP contribution in [0.5, 0.6) is 0 Å². The van der Waals surface area contributed by atoms with E-state index in [-0.39, 0.29) is 5.57 Å². The fraction of sp³-hybridized carbons (Fsp3) is 0.120. The molecule has 1 N–H and O–H groups in total. The van der Waals surface area contributed by atoms with Gasteiger partial charge in [-0.3, -0.25) is 4.79 Å². The minimum absolute atomic E-state index is 0.0693. The number of carbonyl (C=O) groups is 1. The molecule has 3 aromatic carbocycles. The smallest absolute Gasteiger partial charge is 0.267 e. The van der Waals surface area contributed by atoms with Gasteiger partial charge in [0, 0.05) is 28.5 Å². The number of nitrogens with zero attached hydrogens (tertiary/aromatic N) is 2. The first-order chi connectivity index (χ1) is 14.5. The van der Waals surface area contributed by atoms with Crippen LogP contribution in [0.4, 0.5) is 5.69 Å². The summed E-state index contributed by atoms with van der Waals surface area (Å²) in [7, 11) is 0. The van der Waals surface area contributed by atoms with Gasteiger partial charge in [-0.15, -0.1) is 0 Å². The van der Waals surface area contributed by atoms with E-state index in [1.54, 1.807) is 6.20 Å². The van der Waals surface area contributed by atoms with E-state index in [0.717, 1.165) is 20.3 Å². The van der Waals surface area contributed by atoms with Crippen molar-refractivity contribution in [3.8, 4) is 6.07 Å². The molecule has 1 amide bonds. The molecule has 0 unspecified atom stereocenters. The molecule has 4 nitrogen and oxygen atoms in total. The van der Waals surface area contributed by atoms with Crippen molar-refractivity contribution < 1.29 is 4.79 Å². The number of nitrogens with one attached hydrogen (secondary N) is 1. The molecule has 0 fully saturated rings. The van der Waals surface area contributed by atoms with Crippen molar-refractivity contribution in [2.45, 2.75) is 20.0 Å². The Morgan fingerprint density at radius 1 is 1.00 bits per heavy atom. The summed E-state index contributed by atoms with van der Waals surface area (Å²) in [6.45, 7) is 3.12. The lowest BCUT2D eigenvalue weighted by molar-refractivity contribution is -0.112. The lowest BCUT2D eigenvalue weighted by Crippen LogP contribution is -2.21. The normalized spacial score (nSPS) is 10.9. The second kappa shape index (κ2) is 10.6. The van der Waals surface area contributed by atoms with Gasteiger partial charge in [0.2, 0.25) is 0 Å². The summed E-state index contributed by atoms with van der Waals surface area (Å²) in [6.07, 6.45) is 1.65. The van der Waals surface area contributed by atoms with Crippen LogP contribution < -0.4 is 5.32 Å². The second-order valence-electron chi connectivity index (χ2n) is 6.94. The molecule has 0 heterocycles. The molecule has 0 aliphatic heterocycles. The number of nitriles is 1. The van der Waals surface area contributed by atoms with Crippen molar-refractivity contribution in [1.29, 1.82) is 5.26 Å². The van der Waals surface area contributed by atoms with E-state index < -0.39 is 5.91 Å². The maximum Gasteiger partial charge on any atom is 0.267 e. The number of anilines is 1. The number of halogens is 1. The zero-order valence-electron chi connectivity index (χ0n) is 16.7. The number of benzene rings is 3. The van der Waals surface area contributed by atoms with Gasteiger partial charge < -0.3 is 10.2 Å². The lowest BCUT2D eigenvalue weighted by atomic mass is 10.1. The van der Waals surface area contributed by atoms with E-state index in [1.165, 1.54) is 0 Å². The average Bonchev–Trinajstić information content (AvgIpc) is 2.75. The van der Waals surface area contributed by atoms with E-state index in [1.807, 2.05) is 90.7 Å². The molecule has 0 bridgehead atoms. The molecule has 5 heteroatoms. The van der Waals surface area contributed by atoms with Gasteiger partial charge in [0.05, 0.1) is 0 Å². The van der Waals surface area contributed by atoms with Crippen LogP contribution in [0.25, 0.3) is 0 Å². The number of amides is 1. The predicted molar refractivity (Wildman–Crippen MR) is 128 cm³/mol. The molecule has 0 radical (unpaired) electrons. The summed E-state index contributed by atoms with van der Waals surface area (Å²) in [4.78, 5) is 14.8. The van der Waals surface area contributed by atoms with Gasteiger partial charge in [-0.25, -0.2) is 0 Å². The van der Waals surface area contributed by atoms with Crippen LogP contribution in [0, 0.1) is 21.8 Å². The van der Waals surface area contributed by atoms with Gasteiger partial charge in [-0.2, -0.15) is 5.26 Å². The highest BCUT2D eigenvalue weighted by Crippen LogP contribution is 2.19. The topological polar surface area (TPSA) is 56.1 Å². The summed E-state index contributed by atoms with van der Waals surface area (Å²) in [6, 6.07) is 27.8. The number of hydrogen-bond acceptors (Lipinski definition) is 3. The summed E-state index contributed by atoms with van der Waals surface area (Å²) in [5.74, 6) is -0.409. The Labute approximate surface area is 191 Å². The average molecular weight is 507 g/mol. The minimum atomic E-state index is -0.409. The summed E-state index contributed by atoms with van der Waals surface area (Å²) in [5.41, 5.74) is 3.95. The molecular weight excluding hydrogens is 485 g/mol. The van der Waals surface area contributed by atoms with Gasteiger partial charge in [-0.05, 0) is 64.4 Å². The maximum atomic E-state index is 12.8. The van der Waals surface area contributed by atoms with Crippen molar-refractivity contribution in [3.05, 3.63) is 111 Å². The first kappa shape index (κ1) is 21.6. The molecule has 30 heavy (non-hydrogen) atoms. The largest absolute Gasteiger partial charge is 0.367 e. The Bertz CT molecular complexity index is 1030. The Balaban J connectivity index is 1.84. The predicted octanol–water partition coefficient (Wildman–Crippen LogP) is 5.65. The van der Waals surface area contributed by atoms with Crippen LogP contribution in [0.2, 0.25) is 0 Å². The van der Waals surface area contributed by atoms with Gasteiger partial charge >= 0.3 is 0 Å². The third-order valence-corrected chi connectivity index (χ3v) is 5.24. The van der Waals surface area contributed by atoms with Gasteiger partial charge in [0.25, 0.3) is 5.91 Å². The van der Waals surface area contributed by atoms with E-state index >= 15 is 0 Å². The highest BCUT2D eigenvalue weighted by molar-refractivity contribution is 14.1. The van der Waals surface area contributed by atoms with Gasteiger partial charge in [-0.1, -0.05) is 60.7 Å². The van der Waals surface area contributed by atoms with Crippen LogP contribution >= 0.6 is 22.6 Å². The number of rotatable bonds is 7. The molecule has 0 aliphatic carbocycles. The molecule has 0 aromatic heterocycles. The van der Waals surface area contributed by atoms with E-state index in [4.69, 9.17) is 0 Å². The summed E-state index contributed by atoms with van der Waals surface area (Å²) >= 11 is 2.23. The molecular formula is C25H22IN3O. The molecule has 0 saturated carbocycles. The molecule has 0 saturated heterocycles. The van der Waals surface area contributed by atoms with Crippen LogP contribution in [0.3, 0.4) is 0 Å². The molecule has 3 rings (SSSR count). The molecule has 0 atom stereocenters. The standard InChI is InChI=1S/C25H22IN3O/c1-19-14-23(26)12-13-24(19)28-25(30)22(15-27)18-29(16-20-8-4-2-5-9-20)17-21-10-6-3-7-11-21/h2-14,18H,16-17H2,1H3,(H,28,30)/b22-18-. The second-order valence-corrected chi connectivity index (χ2v) is 8.19. The third kappa shape index (κ3) is 6.19. The van der Waals surface area contributed by atoms with Crippen molar-refractivity contribution in [2.24, 2.45) is 0 Å². The fourth-order valence-corrected chi connectivity index (χ4v) is 3.71. The summed E-state index contributed by atoms with van der Waals surface area (Å²) in [5, 5.41) is 12.5. The highest BCUT2D eigenvalue weighted by Gasteiger charge is 2.14. The monoisotopic (exact) mass is 507 g/mol. The third-order valence-electron chi connectivity index (χ3n) is 4.57. The minimum Gasteiger partial charge on any atom is -0.367 e. The summed E-state index contributed by atoms with van der Waals surface area (Å²) < 4.78 is 1.09. The lowest BCUT2D eigenvalue weighted by Gasteiger charge is -2.21. The number of hydrogen-bond donors (Lipinski definition) is 1.